The average Bonchev–Trinajstić information content (AvgIpc) is 2.61. The molecule has 2 unspecified atom stereocenters. The molecule has 106 valence electrons. The van der Waals surface area contributed by atoms with Gasteiger partial charge in [-0.1, -0.05) is 6.92 Å². The molecule has 6 heteroatoms. The Balaban J connectivity index is 1.96. The maximum absolute atomic E-state index is 11.4. The minimum absolute atomic E-state index is 0.137. The van der Waals surface area contributed by atoms with Crippen LogP contribution in [0.3, 0.4) is 0 Å². The Hall–Kier alpha value is -1.27. The summed E-state index contributed by atoms with van der Waals surface area (Å²) in [6.07, 6.45) is -0.710. The molecule has 5 nitrogen and oxygen atoms in total. The largest absolute Gasteiger partial charge is 0.494 e. The summed E-state index contributed by atoms with van der Waals surface area (Å²) in [5.41, 5.74) is 0. The Morgan fingerprint density at radius 3 is 2.37 bits per heavy atom. The first-order valence-electron chi connectivity index (χ1n) is 6.28. The lowest BCUT2D eigenvalue weighted by Gasteiger charge is -2.15. The molecule has 1 aliphatic heterocycles. The first-order chi connectivity index (χ1) is 9.00. The third-order valence-electron chi connectivity index (χ3n) is 2.86. The van der Waals surface area contributed by atoms with Crippen LogP contribution in [0.1, 0.15) is 13.3 Å². The smallest absolute Gasteiger partial charge is 0.156 e. The standard InChI is InChI=1S/C13H18O5S/c1-2-7-17-10-3-5-11(6-4-10)18-13-9-19(15,16)8-12(13)14/h3-6,12-14H,2,7-9H2,1H3. The van der Waals surface area contributed by atoms with Crippen molar-refractivity contribution in [2.75, 3.05) is 18.1 Å². The molecule has 1 saturated heterocycles. The van der Waals surface area contributed by atoms with Gasteiger partial charge in [0.05, 0.1) is 18.1 Å². The molecule has 1 N–H and O–H groups in total. The summed E-state index contributed by atoms with van der Waals surface area (Å²) in [6.45, 7) is 2.68. The highest BCUT2D eigenvalue weighted by Crippen LogP contribution is 2.22. The molecule has 1 fully saturated rings. The third-order valence-corrected chi connectivity index (χ3v) is 4.54. The van der Waals surface area contributed by atoms with Crippen LogP contribution >= 0.6 is 0 Å². The van der Waals surface area contributed by atoms with Gasteiger partial charge >= 0.3 is 0 Å². The van der Waals surface area contributed by atoms with Crippen LogP contribution in [0, 0.1) is 0 Å². The van der Waals surface area contributed by atoms with Crippen LogP contribution in [0.5, 0.6) is 11.5 Å². The second kappa shape index (κ2) is 5.79. The van der Waals surface area contributed by atoms with Gasteiger partial charge in [-0.25, -0.2) is 8.42 Å². The van der Waals surface area contributed by atoms with Gasteiger partial charge in [0.15, 0.2) is 9.84 Å². The zero-order valence-corrected chi connectivity index (χ0v) is 11.6. The zero-order valence-electron chi connectivity index (χ0n) is 10.8. The van der Waals surface area contributed by atoms with Gasteiger partial charge in [-0.2, -0.15) is 0 Å². The molecule has 0 bridgehead atoms. The highest BCUT2D eigenvalue weighted by atomic mass is 32.2. The minimum Gasteiger partial charge on any atom is -0.494 e. The number of hydrogen-bond acceptors (Lipinski definition) is 5. The Morgan fingerprint density at radius 1 is 1.21 bits per heavy atom. The van der Waals surface area contributed by atoms with Crippen molar-refractivity contribution in [3.8, 4) is 11.5 Å². The number of hydrogen-bond donors (Lipinski definition) is 1. The van der Waals surface area contributed by atoms with E-state index in [0.717, 1.165) is 12.2 Å². The Kier molecular flexibility index (Phi) is 4.31. The van der Waals surface area contributed by atoms with Crippen molar-refractivity contribution in [2.45, 2.75) is 25.6 Å². The van der Waals surface area contributed by atoms with Gasteiger partial charge in [-0.15, -0.1) is 0 Å². The second-order valence-corrected chi connectivity index (χ2v) is 6.77. The van der Waals surface area contributed by atoms with Crippen molar-refractivity contribution in [3.05, 3.63) is 24.3 Å². The van der Waals surface area contributed by atoms with E-state index in [1.54, 1.807) is 24.3 Å². The summed E-state index contributed by atoms with van der Waals surface area (Å²) in [7, 11) is -3.18. The summed E-state index contributed by atoms with van der Waals surface area (Å²) in [5.74, 6) is 0.913. The number of ether oxygens (including phenoxy) is 2. The Morgan fingerprint density at radius 2 is 1.84 bits per heavy atom. The van der Waals surface area contributed by atoms with E-state index in [4.69, 9.17) is 9.47 Å². The van der Waals surface area contributed by atoms with Gasteiger partial charge < -0.3 is 14.6 Å². The van der Waals surface area contributed by atoms with E-state index in [0.29, 0.717) is 12.4 Å². The molecule has 1 aromatic rings. The molecular formula is C13H18O5S. The van der Waals surface area contributed by atoms with Gasteiger partial charge in [0, 0.05) is 0 Å². The second-order valence-electron chi connectivity index (χ2n) is 4.62. The fraction of sp³-hybridized carbons (Fsp3) is 0.538. The summed E-state index contributed by atoms with van der Waals surface area (Å²) in [5, 5.41) is 9.63. The lowest BCUT2D eigenvalue weighted by atomic mass is 10.2. The van der Waals surface area contributed by atoms with Crippen LogP contribution in [0.2, 0.25) is 0 Å². The summed E-state index contributed by atoms with van der Waals surface area (Å²) in [4.78, 5) is 0. The van der Waals surface area contributed by atoms with Gasteiger partial charge in [0.25, 0.3) is 0 Å². The lowest BCUT2D eigenvalue weighted by Crippen LogP contribution is -2.29. The Bertz CT molecular complexity index is 508. The number of aliphatic hydroxyl groups excluding tert-OH is 1. The monoisotopic (exact) mass is 286 g/mol. The number of aliphatic hydroxyl groups is 1. The molecule has 0 aromatic heterocycles. The fourth-order valence-electron chi connectivity index (χ4n) is 1.92. The van der Waals surface area contributed by atoms with Crippen molar-refractivity contribution in [1.29, 1.82) is 0 Å². The molecule has 2 rings (SSSR count). The molecule has 2 atom stereocenters. The number of rotatable bonds is 5. The molecule has 19 heavy (non-hydrogen) atoms. The Labute approximate surface area is 113 Å². The maximum atomic E-state index is 11.4. The van der Waals surface area contributed by atoms with Crippen LogP contribution in [0.4, 0.5) is 0 Å². The van der Waals surface area contributed by atoms with Crippen molar-refractivity contribution in [3.63, 3.8) is 0 Å². The molecular weight excluding hydrogens is 268 g/mol. The quantitative estimate of drug-likeness (QED) is 0.874. The first-order valence-corrected chi connectivity index (χ1v) is 8.10. The predicted octanol–water partition coefficient (Wildman–Crippen LogP) is 1.01. The van der Waals surface area contributed by atoms with Crippen LogP contribution in [0.25, 0.3) is 0 Å². The SMILES string of the molecule is CCCOc1ccc(OC2CS(=O)(=O)CC2O)cc1. The maximum Gasteiger partial charge on any atom is 0.156 e. The van der Waals surface area contributed by atoms with Gasteiger partial charge in [0.1, 0.15) is 23.7 Å². The highest BCUT2D eigenvalue weighted by molar-refractivity contribution is 7.91. The minimum atomic E-state index is -3.18. The average molecular weight is 286 g/mol. The van der Waals surface area contributed by atoms with Crippen LogP contribution in [0.15, 0.2) is 24.3 Å². The van der Waals surface area contributed by atoms with Crippen molar-refractivity contribution in [2.24, 2.45) is 0 Å². The predicted molar refractivity (Wildman–Crippen MR) is 71.3 cm³/mol. The van der Waals surface area contributed by atoms with Gasteiger partial charge in [-0.3, -0.25) is 0 Å². The molecule has 0 saturated carbocycles. The molecule has 0 amide bonds. The molecule has 0 aliphatic carbocycles. The molecule has 1 aliphatic rings. The summed E-state index contributed by atoms with van der Waals surface area (Å²) < 4.78 is 33.6. The highest BCUT2D eigenvalue weighted by Gasteiger charge is 2.38. The van der Waals surface area contributed by atoms with Crippen molar-refractivity contribution < 1.29 is 23.0 Å². The van der Waals surface area contributed by atoms with Crippen LogP contribution < -0.4 is 9.47 Å². The number of benzene rings is 1. The van der Waals surface area contributed by atoms with E-state index in [9.17, 15) is 13.5 Å². The van der Waals surface area contributed by atoms with E-state index in [2.05, 4.69) is 0 Å². The number of sulfone groups is 1. The van der Waals surface area contributed by atoms with Gasteiger partial charge in [-0.05, 0) is 30.7 Å². The third kappa shape index (κ3) is 3.84. The van der Waals surface area contributed by atoms with Gasteiger partial charge in [0.2, 0.25) is 0 Å². The van der Waals surface area contributed by atoms with E-state index >= 15 is 0 Å². The molecule has 1 heterocycles. The van der Waals surface area contributed by atoms with Crippen molar-refractivity contribution >= 4 is 9.84 Å². The summed E-state index contributed by atoms with van der Waals surface area (Å²) in [6, 6.07) is 6.95. The zero-order chi connectivity index (χ0) is 13.9. The van der Waals surface area contributed by atoms with E-state index in [-0.39, 0.29) is 11.5 Å². The van der Waals surface area contributed by atoms with E-state index in [1.165, 1.54) is 0 Å². The van der Waals surface area contributed by atoms with Crippen LogP contribution in [-0.2, 0) is 9.84 Å². The van der Waals surface area contributed by atoms with Crippen molar-refractivity contribution in [1.82, 2.24) is 0 Å². The molecule has 1 aromatic carbocycles. The normalized spacial score (nSPS) is 25.2. The molecule has 0 radical (unpaired) electrons. The molecule has 0 spiro atoms. The summed E-state index contributed by atoms with van der Waals surface area (Å²) >= 11 is 0. The lowest BCUT2D eigenvalue weighted by molar-refractivity contribution is 0.0737. The van der Waals surface area contributed by atoms with Crippen LogP contribution in [-0.4, -0.2) is 43.8 Å². The van der Waals surface area contributed by atoms with E-state index in [1.807, 2.05) is 6.92 Å². The topological polar surface area (TPSA) is 72.8 Å². The fourth-order valence-corrected chi connectivity index (χ4v) is 3.58. The van der Waals surface area contributed by atoms with E-state index < -0.39 is 22.0 Å². The first kappa shape index (κ1) is 14.1.